The highest BCUT2D eigenvalue weighted by Crippen LogP contribution is 2.55. The molecule has 0 aliphatic carbocycles. The topological polar surface area (TPSA) is 30.5 Å². The van der Waals surface area contributed by atoms with Gasteiger partial charge in [0, 0.05) is 83.0 Å². The molecule has 0 saturated carbocycles. The van der Waals surface area contributed by atoms with Crippen molar-refractivity contribution in [2.45, 2.75) is 0 Å². The SMILES string of the molecule is CN(C)c1ccc(-c2ccccc2)c(NP(c2ccccc2)c2ccccc2)c1-c1c(N(C)C)ccc(-c2ccccc2)c1NP(c1ccccc1)c1ccccc1. The Morgan fingerprint density at radius 2 is 0.569 bits per heavy atom. The van der Waals surface area contributed by atoms with Crippen molar-refractivity contribution in [3.63, 3.8) is 0 Å². The Bertz CT molecular complexity index is 2290. The highest BCUT2D eigenvalue weighted by molar-refractivity contribution is 7.74. The Morgan fingerprint density at radius 1 is 0.310 bits per heavy atom. The number of nitrogens with one attached hydrogen (secondary N) is 2. The number of hydrogen-bond acceptors (Lipinski definition) is 4. The van der Waals surface area contributed by atoms with E-state index in [0.29, 0.717) is 0 Å². The molecule has 0 bridgehead atoms. The second-order valence-corrected chi connectivity index (χ2v) is 18.4. The van der Waals surface area contributed by atoms with Gasteiger partial charge in [0.25, 0.3) is 0 Å². The van der Waals surface area contributed by atoms with Crippen LogP contribution in [-0.2, 0) is 0 Å². The predicted octanol–water partition coefficient (Wildman–Crippen LogP) is 11.7. The lowest BCUT2D eigenvalue weighted by Crippen LogP contribution is -2.20. The molecule has 0 heterocycles. The van der Waals surface area contributed by atoms with Gasteiger partial charge in [-0.15, -0.1) is 0 Å². The standard InChI is InChI=1S/C52H48N4P2/c1-55(2)47-37-35-45(39-23-11-5-12-24-39)51(53-57(41-27-15-7-16-28-41)42-29-17-8-18-30-42)49(47)50-48(56(3)4)38-36-46(40-25-13-6-14-26-40)52(50)54-58(43-31-19-9-20-32-43)44-33-21-10-22-34-44/h5-38,53-54H,1-4H3. The summed E-state index contributed by atoms with van der Waals surface area (Å²) in [4.78, 5) is 4.52. The van der Waals surface area contributed by atoms with Crippen LogP contribution in [0, 0.1) is 0 Å². The predicted molar refractivity (Wildman–Crippen MR) is 257 cm³/mol. The van der Waals surface area contributed by atoms with E-state index in [-0.39, 0.29) is 0 Å². The summed E-state index contributed by atoms with van der Waals surface area (Å²) in [6, 6.07) is 74.4. The lowest BCUT2D eigenvalue weighted by atomic mass is 9.89. The van der Waals surface area contributed by atoms with Crippen LogP contribution in [0.5, 0.6) is 0 Å². The number of anilines is 4. The Hall–Kier alpha value is -6.18. The summed E-state index contributed by atoms with van der Waals surface area (Å²) >= 11 is 0. The molecule has 0 atom stereocenters. The minimum Gasteiger partial charge on any atom is -0.377 e. The van der Waals surface area contributed by atoms with Crippen molar-refractivity contribution in [3.8, 4) is 33.4 Å². The first-order valence-electron chi connectivity index (χ1n) is 19.6. The van der Waals surface area contributed by atoms with Crippen molar-refractivity contribution in [2.75, 3.05) is 48.2 Å². The third kappa shape index (κ3) is 8.27. The maximum atomic E-state index is 4.31. The van der Waals surface area contributed by atoms with Crippen molar-refractivity contribution >= 4 is 60.1 Å². The summed E-state index contributed by atoms with van der Waals surface area (Å²) in [5.41, 5.74) is 11.3. The van der Waals surface area contributed by atoms with E-state index in [1.54, 1.807) is 0 Å². The third-order valence-electron chi connectivity index (χ3n) is 10.3. The van der Waals surface area contributed by atoms with Crippen LogP contribution in [0.1, 0.15) is 0 Å². The van der Waals surface area contributed by atoms with E-state index >= 15 is 0 Å². The zero-order chi connectivity index (χ0) is 39.8. The van der Waals surface area contributed by atoms with Gasteiger partial charge in [-0.1, -0.05) is 194 Å². The Balaban J connectivity index is 1.49. The van der Waals surface area contributed by atoms with Gasteiger partial charge in [-0.3, -0.25) is 0 Å². The molecule has 0 unspecified atom stereocenters. The van der Waals surface area contributed by atoms with Gasteiger partial charge in [0.05, 0.1) is 27.5 Å². The summed E-state index contributed by atoms with van der Waals surface area (Å²) in [6.07, 6.45) is 0. The van der Waals surface area contributed by atoms with Gasteiger partial charge in [-0.05, 0) is 23.3 Å². The molecule has 0 aromatic heterocycles. The molecule has 8 aromatic rings. The lowest BCUT2D eigenvalue weighted by Gasteiger charge is -2.33. The molecule has 0 aliphatic heterocycles. The van der Waals surface area contributed by atoms with Gasteiger partial charge in [0.15, 0.2) is 0 Å². The van der Waals surface area contributed by atoms with Crippen molar-refractivity contribution in [3.05, 3.63) is 206 Å². The second kappa shape index (κ2) is 18.0. The van der Waals surface area contributed by atoms with Crippen LogP contribution in [0.4, 0.5) is 22.7 Å². The maximum absolute atomic E-state index is 4.31. The zero-order valence-corrected chi connectivity index (χ0v) is 35.2. The van der Waals surface area contributed by atoms with Crippen LogP contribution in [-0.4, -0.2) is 28.2 Å². The fourth-order valence-electron chi connectivity index (χ4n) is 7.47. The van der Waals surface area contributed by atoms with Crippen molar-refractivity contribution in [1.82, 2.24) is 0 Å². The Labute approximate surface area is 346 Å². The molecule has 2 N–H and O–H groups in total. The summed E-state index contributed by atoms with van der Waals surface area (Å²) in [6.45, 7) is 0. The molecule has 58 heavy (non-hydrogen) atoms. The van der Waals surface area contributed by atoms with Gasteiger partial charge in [-0.25, -0.2) is 0 Å². The first-order chi connectivity index (χ1) is 28.5. The van der Waals surface area contributed by atoms with Gasteiger partial charge < -0.3 is 20.0 Å². The Kier molecular flexibility index (Phi) is 12.0. The Morgan fingerprint density at radius 3 is 0.828 bits per heavy atom. The molecule has 0 aliphatic rings. The van der Waals surface area contributed by atoms with Crippen LogP contribution >= 0.6 is 16.1 Å². The highest BCUT2D eigenvalue weighted by Gasteiger charge is 2.29. The molecular formula is C52H48N4P2. The molecule has 286 valence electrons. The smallest absolute Gasteiger partial charge is 0.0559 e. The molecule has 8 rings (SSSR count). The summed E-state index contributed by atoms with van der Waals surface area (Å²) in [5.74, 6) is 0. The molecular weight excluding hydrogens is 743 g/mol. The lowest BCUT2D eigenvalue weighted by molar-refractivity contribution is 1.12. The fourth-order valence-corrected chi connectivity index (χ4v) is 11.4. The first-order valence-corrected chi connectivity index (χ1v) is 22.3. The van der Waals surface area contributed by atoms with Crippen LogP contribution in [0.2, 0.25) is 0 Å². The summed E-state index contributed by atoms with van der Waals surface area (Å²) in [7, 11) is 6.55. The molecule has 0 amide bonds. The minimum absolute atomic E-state index is 1.05. The number of hydrogen-bond donors (Lipinski definition) is 2. The number of nitrogens with zero attached hydrogens (tertiary/aromatic N) is 2. The van der Waals surface area contributed by atoms with E-state index in [2.05, 4.69) is 254 Å². The normalized spacial score (nSPS) is 11.1. The minimum atomic E-state index is -1.05. The van der Waals surface area contributed by atoms with Crippen LogP contribution in [0.3, 0.4) is 0 Å². The van der Waals surface area contributed by atoms with Gasteiger partial charge in [-0.2, -0.15) is 0 Å². The molecule has 0 fully saturated rings. The monoisotopic (exact) mass is 790 g/mol. The molecule has 8 aromatic carbocycles. The molecule has 0 spiro atoms. The second-order valence-electron chi connectivity index (χ2n) is 14.5. The van der Waals surface area contributed by atoms with Gasteiger partial charge in [0.1, 0.15) is 0 Å². The summed E-state index contributed by atoms with van der Waals surface area (Å²) < 4.78 is 0. The number of benzene rings is 8. The van der Waals surface area contributed by atoms with Crippen LogP contribution < -0.4 is 41.2 Å². The highest BCUT2D eigenvalue weighted by atomic mass is 31.1. The number of rotatable bonds is 13. The van der Waals surface area contributed by atoms with E-state index in [0.717, 1.165) is 56.1 Å². The fraction of sp³-hybridized carbons (Fsp3) is 0.0769. The first kappa shape index (κ1) is 38.7. The maximum Gasteiger partial charge on any atom is 0.0559 e. The van der Waals surface area contributed by atoms with Crippen LogP contribution in [0.25, 0.3) is 33.4 Å². The van der Waals surface area contributed by atoms with Gasteiger partial charge in [0.2, 0.25) is 0 Å². The third-order valence-corrected chi connectivity index (χ3v) is 14.4. The molecule has 4 nitrogen and oxygen atoms in total. The molecule has 0 saturated heterocycles. The van der Waals surface area contributed by atoms with E-state index < -0.39 is 16.1 Å². The molecule has 6 heteroatoms. The largest absolute Gasteiger partial charge is 0.377 e. The van der Waals surface area contributed by atoms with E-state index in [1.807, 2.05) is 0 Å². The van der Waals surface area contributed by atoms with Crippen molar-refractivity contribution in [1.29, 1.82) is 0 Å². The van der Waals surface area contributed by atoms with Crippen molar-refractivity contribution < 1.29 is 0 Å². The zero-order valence-electron chi connectivity index (χ0n) is 33.4. The average Bonchev–Trinajstić information content (AvgIpc) is 3.28. The quantitative estimate of drug-likeness (QED) is 0.114. The molecule has 0 radical (unpaired) electrons. The van der Waals surface area contributed by atoms with Gasteiger partial charge >= 0.3 is 0 Å². The average molecular weight is 791 g/mol. The van der Waals surface area contributed by atoms with E-state index in [4.69, 9.17) is 0 Å². The van der Waals surface area contributed by atoms with E-state index in [9.17, 15) is 0 Å². The van der Waals surface area contributed by atoms with Crippen LogP contribution in [0.15, 0.2) is 206 Å². The van der Waals surface area contributed by atoms with E-state index in [1.165, 1.54) is 21.2 Å². The summed E-state index contributed by atoms with van der Waals surface area (Å²) in [5, 5.41) is 13.6. The van der Waals surface area contributed by atoms with Crippen molar-refractivity contribution in [2.24, 2.45) is 0 Å².